The van der Waals surface area contributed by atoms with Crippen LogP contribution in [-0.4, -0.2) is 43.3 Å². The van der Waals surface area contributed by atoms with Gasteiger partial charge in [-0.1, -0.05) is 72.3 Å². The Morgan fingerprint density at radius 3 is 1.95 bits per heavy atom. The van der Waals surface area contributed by atoms with E-state index in [4.69, 9.17) is 11.6 Å². The van der Waals surface area contributed by atoms with Gasteiger partial charge in [-0.15, -0.1) is 0 Å². The van der Waals surface area contributed by atoms with E-state index in [1.807, 2.05) is 51.1 Å². The lowest BCUT2D eigenvalue weighted by atomic mass is 10.0. The Kier molecular flexibility index (Phi) is 11.1. The Bertz CT molecular complexity index is 1660. The standard InChI is InChI=1S/C34H35ClIN3O4S/c1-34(2,3)37-33(41)31(22-25-10-6-4-7-11-25)38(23-26-14-16-27(35)17-15-26)32(40)24-39(29-20-18-28(36)19-21-29)44(42,43)30-12-8-5-9-13-30/h4-21,31H,22-24H2,1-3H3,(H,37,41). The van der Waals surface area contributed by atoms with Gasteiger partial charge in [-0.3, -0.25) is 13.9 Å². The van der Waals surface area contributed by atoms with Crippen LogP contribution in [0.25, 0.3) is 0 Å². The molecular weight excluding hydrogens is 709 g/mol. The maximum atomic E-state index is 14.5. The average molecular weight is 744 g/mol. The highest BCUT2D eigenvalue weighted by molar-refractivity contribution is 14.1. The van der Waals surface area contributed by atoms with E-state index >= 15 is 0 Å². The Balaban J connectivity index is 1.80. The molecule has 1 unspecified atom stereocenters. The van der Waals surface area contributed by atoms with Crippen molar-refractivity contribution in [1.29, 1.82) is 0 Å². The third-order valence-electron chi connectivity index (χ3n) is 6.76. The predicted molar refractivity (Wildman–Crippen MR) is 184 cm³/mol. The van der Waals surface area contributed by atoms with Gasteiger partial charge in [0.05, 0.1) is 10.6 Å². The van der Waals surface area contributed by atoms with E-state index in [0.29, 0.717) is 10.7 Å². The van der Waals surface area contributed by atoms with Crippen LogP contribution < -0.4 is 9.62 Å². The number of hydrogen-bond donors (Lipinski definition) is 1. The van der Waals surface area contributed by atoms with Gasteiger partial charge in [0.1, 0.15) is 12.6 Å². The molecule has 0 aliphatic heterocycles. The summed E-state index contributed by atoms with van der Waals surface area (Å²) in [5.41, 5.74) is 1.39. The molecule has 0 aliphatic carbocycles. The molecule has 2 amide bonds. The first-order valence-electron chi connectivity index (χ1n) is 14.1. The number of nitrogens with zero attached hydrogens (tertiary/aromatic N) is 2. The van der Waals surface area contributed by atoms with Crippen molar-refractivity contribution < 1.29 is 18.0 Å². The van der Waals surface area contributed by atoms with E-state index in [2.05, 4.69) is 27.9 Å². The van der Waals surface area contributed by atoms with Crippen molar-refractivity contribution in [1.82, 2.24) is 10.2 Å². The van der Waals surface area contributed by atoms with Gasteiger partial charge < -0.3 is 10.2 Å². The molecule has 0 saturated heterocycles. The SMILES string of the molecule is CC(C)(C)NC(=O)C(Cc1ccccc1)N(Cc1ccc(Cl)cc1)C(=O)CN(c1ccc(I)cc1)S(=O)(=O)c1ccccc1. The largest absolute Gasteiger partial charge is 0.350 e. The Labute approximate surface area is 278 Å². The first-order valence-corrected chi connectivity index (χ1v) is 17.0. The second kappa shape index (κ2) is 14.6. The van der Waals surface area contributed by atoms with Crippen molar-refractivity contribution in [3.63, 3.8) is 0 Å². The van der Waals surface area contributed by atoms with Gasteiger partial charge >= 0.3 is 0 Å². The van der Waals surface area contributed by atoms with Crippen molar-refractivity contribution in [3.8, 4) is 0 Å². The number of carbonyl (C=O) groups is 2. The second-order valence-electron chi connectivity index (χ2n) is 11.4. The molecule has 10 heteroatoms. The van der Waals surface area contributed by atoms with Crippen LogP contribution in [0.1, 0.15) is 31.9 Å². The highest BCUT2D eigenvalue weighted by Gasteiger charge is 2.35. The molecular formula is C34H35ClIN3O4S. The summed E-state index contributed by atoms with van der Waals surface area (Å²) in [6, 6.07) is 30.5. The first-order chi connectivity index (χ1) is 20.8. The minimum atomic E-state index is -4.14. The fourth-order valence-electron chi connectivity index (χ4n) is 4.65. The summed E-state index contributed by atoms with van der Waals surface area (Å²) in [6.07, 6.45) is 0.233. The molecule has 0 fully saturated rings. The molecule has 0 radical (unpaired) electrons. The van der Waals surface area contributed by atoms with Gasteiger partial charge in [0.25, 0.3) is 10.0 Å². The topological polar surface area (TPSA) is 86.8 Å². The lowest BCUT2D eigenvalue weighted by Gasteiger charge is -2.35. The molecule has 1 atom stereocenters. The quantitative estimate of drug-likeness (QED) is 0.174. The Hall–Kier alpha value is -3.41. The summed E-state index contributed by atoms with van der Waals surface area (Å²) in [4.78, 5) is 29.9. The number of halogens is 2. The van der Waals surface area contributed by atoms with Crippen molar-refractivity contribution in [2.24, 2.45) is 0 Å². The highest BCUT2D eigenvalue weighted by Crippen LogP contribution is 2.26. The summed E-state index contributed by atoms with van der Waals surface area (Å²) < 4.78 is 30.1. The Morgan fingerprint density at radius 1 is 0.818 bits per heavy atom. The minimum absolute atomic E-state index is 0.0573. The average Bonchev–Trinajstić information content (AvgIpc) is 2.99. The molecule has 230 valence electrons. The van der Waals surface area contributed by atoms with Crippen LogP contribution in [0.15, 0.2) is 114 Å². The van der Waals surface area contributed by atoms with Crippen LogP contribution in [0, 0.1) is 3.57 Å². The molecule has 0 saturated carbocycles. The molecule has 0 aromatic heterocycles. The number of rotatable bonds is 11. The minimum Gasteiger partial charge on any atom is -0.350 e. The van der Waals surface area contributed by atoms with Gasteiger partial charge in [-0.2, -0.15) is 0 Å². The number of sulfonamides is 1. The lowest BCUT2D eigenvalue weighted by molar-refractivity contribution is -0.140. The lowest BCUT2D eigenvalue weighted by Crippen LogP contribution is -2.56. The summed E-state index contributed by atoms with van der Waals surface area (Å²) in [7, 11) is -4.14. The molecule has 4 aromatic carbocycles. The fraction of sp³-hybridized carbons (Fsp3) is 0.235. The molecule has 44 heavy (non-hydrogen) atoms. The van der Waals surface area contributed by atoms with Crippen LogP contribution in [0.5, 0.6) is 0 Å². The summed E-state index contributed by atoms with van der Waals surface area (Å²) in [5.74, 6) is -0.863. The van der Waals surface area contributed by atoms with E-state index in [1.165, 1.54) is 17.0 Å². The summed E-state index contributed by atoms with van der Waals surface area (Å²) in [6.45, 7) is 5.18. The van der Waals surface area contributed by atoms with Crippen molar-refractivity contribution in [2.75, 3.05) is 10.8 Å². The summed E-state index contributed by atoms with van der Waals surface area (Å²) >= 11 is 8.28. The second-order valence-corrected chi connectivity index (χ2v) is 14.9. The van der Waals surface area contributed by atoms with E-state index in [-0.39, 0.29) is 23.8 Å². The molecule has 1 N–H and O–H groups in total. The van der Waals surface area contributed by atoms with Crippen LogP contribution in [0.2, 0.25) is 5.02 Å². The zero-order valence-corrected chi connectivity index (χ0v) is 28.5. The molecule has 7 nitrogen and oxygen atoms in total. The van der Waals surface area contributed by atoms with Crippen molar-refractivity contribution in [3.05, 3.63) is 129 Å². The van der Waals surface area contributed by atoms with E-state index in [1.54, 1.807) is 66.7 Å². The van der Waals surface area contributed by atoms with Gasteiger partial charge in [-0.25, -0.2) is 8.42 Å². The zero-order chi connectivity index (χ0) is 31.9. The monoisotopic (exact) mass is 743 g/mol. The van der Waals surface area contributed by atoms with Crippen LogP contribution in [-0.2, 0) is 32.6 Å². The maximum Gasteiger partial charge on any atom is 0.264 e. The van der Waals surface area contributed by atoms with Gasteiger partial charge in [0, 0.05) is 27.1 Å². The van der Waals surface area contributed by atoms with E-state index in [9.17, 15) is 18.0 Å². The molecule has 0 spiro atoms. The normalized spacial score (nSPS) is 12.3. The third kappa shape index (κ3) is 9.06. The maximum absolute atomic E-state index is 14.5. The third-order valence-corrected chi connectivity index (χ3v) is 9.52. The van der Waals surface area contributed by atoms with E-state index in [0.717, 1.165) is 19.0 Å². The highest BCUT2D eigenvalue weighted by atomic mass is 127. The number of nitrogens with one attached hydrogen (secondary N) is 1. The van der Waals surface area contributed by atoms with Gasteiger partial charge in [0.15, 0.2) is 0 Å². The van der Waals surface area contributed by atoms with Crippen LogP contribution >= 0.6 is 34.2 Å². The zero-order valence-electron chi connectivity index (χ0n) is 24.8. The number of benzene rings is 4. The molecule has 0 bridgehead atoms. The molecule has 0 aliphatic rings. The van der Waals surface area contributed by atoms with Gasteiger partial charge in [0.2, 0.25) is 11.8 Å². The molecule has 0 heterocycles. The van der Waals surface area contributed by atoms with Crippen LogP contribution in [0.3, 0.4) is 0 Å². The smallest absolute Gasteiger partial charge is 0.264 e. The van der Waals surface area contributed by atoms with Gasteiger partial charge in [-0.05, 0) is 103 Å². The van der Waals surface area contributed by atoms with Crippen molar-refractivity contribution in [2.45, 2.75) is 50.2 Å². The summed E-state index contributed by atoms with van der Waals surface area (Å²) in [5, 5.41) is 3.57. The van der Waals surface area contributed by atoms with Crippen LogP contribution in [0.4, 0.5) is 5.69 Å². The Morgan fingerprint density at radius 2 is 1.39 bits per heavy atom. The number of hydrogen-bond acceptors (Lipinski definition) is 4. The predicted octanol–water partition coefficient (Wildman–Crippen LogP) is 6.69. The number of anilines is 1. The number of amides is 2. The first kappa shape index (κ1) is 33.5. The molecule has 4 rings (SSSR count). The van der Waals surface area contributed by atoms with E-state index < -0.39 is 34.1 Å². The fourth-order valence-corrected chi connectivity index (χ4v) is 6.57. The molecule has 4 aromatic rings. The van der Waals surface area contributed by atoms with Crippen molar-refractivity contribution >= 4 is 61.7 Å². The number of carbonyl (C=O) groups excluding carboxylic acids is 2.